The average molecular weight is 683 g/mol. The van der Waals surface area contributed by atoms with Gasteiger partial charge < -0.3 is 29.1 Å². The van der Waals surface area contributed by atoms with Gasteiger partial charge in [0.25, 0.3) is 5.91 Å². The Labute approximate surface area is 290 Å². The van der Waals surface area contributed by atoms with E-state index in [0.29, 0.717) is 24.6 Å². The van der Waals surface area contributed by atoms with Gasteiger partial charge in [0.15, 0.2) is 5.60 Å². The lowest BCUT2D eigenvalue weighted by Crippen LogP contribution is -2.54. The molecular formula is C39H62N2O6Si. The van der Waals surface area contributed by atoms with Crippen LogP contribution in [0.2, 0.25) is 24.2 Å². The number of carbonyl (C=O) groups is 2. The molecule has 2 saturated heterocycles. The summed E-state index contributed by atoms with van der Waals surface area (Å²) in [6, 6.07) is 0.116. The number of hydrogen-bond acceptors (Lipinski definition) is 6. The van der Waals surface area contributed by atoms with E-state index in [-0.39, 0.29) is 66.0 Å². The van der Waals surface area contributed by atoms with E-state index in [4.69, 9.17) is 14.2 Å². The van der Waals surface area contributed by atoms with Crippen molar-refractivity contribution in [2.45, 2.75) is 170 Å². The van der Waals surface area contributed by atoms with Gasteiger partial charge in [0, 0.05) is 44.7 Å². The molecular weight excluding hydrogens is 621 g/mol. The van der Waals surface area contributed by atoms with Crippen LogP contribution in [0, 0.1) is 17.8 Å². The number of hydrogen-bond donors (Lipinski definition) is 1. The molecule has 48 heavy (non-hydrogen) atoms. The molecule has 7 rings (SSSR count). The van der Waals surface area contributed by atoms with Crippen molar-refractivity contribution in [3.8, 4) is 0 Å². The summed E-state index contributed by atoms with van der Waals surface area (Å²) in [6.45, 7) is 12.0. The minimum absolute atomic E-state index is 0.00232. The molecule has 0 aromatic rings. The number of rotatable bonds is 8. The van der Waals surface area contributed by atoms with Crippen molar-refractivity contribution in [3.05, 3.63) is 24.1 Å². The highest BCUT2D eigenvalue weighted by atomic mass is 28.3. The monoisotopic (exact) mass is 682 g/mol. The van der Waals surface area contributed by atoms with Crippen LogP contribution >= 0.6 is 0 Å². The SMILES string of the molecule is C=CCN1C(=O)[C@@]2(O[C@@H](CCO)[C@H]([Si](C)(C)C3CCC(OC)CC3)[C@H]2C)C2CC(N3C(=O)C4CCCCC4OC4=C3CCCC4)CCC21. The molecule has 1 N–H and O–H groups in total. The van der Waals surface area contributed by atoms with Gasteiger partial charge in [-0.1, -0.05) is 45.4 Å². The number of ether oxygens (including phenoxy) is 3. The van der Waals surface area contributed by atoms with E-state index >= 15 is 0 Å². The third kappa shape index (κ3) is 5.56. The van der Waals surface area contributed by atoms with E-state index in [2.05, 4.69) is 36.4 Å². The second kappa shape index (κ2) is 13.8. The third-order valence-electron chi connectivity index (χ3n) is 14.5. The van der Waals surface area contributed by atoms with E-state index in [0.717, 1.165) is 94.9 Å². The van der Waals surface area contributed by atoms with E-state index in [9.17, 15) is 14.7 Å². The molecule has 9 heteroatoms. The highest BCUT2D eigenvalue weighted by molar-refractivity contribution is 6.80. The minimum Gasteiger partial charge on any atom is -0.492 e. The molecule has 8 nitrogen and oxygen atoms in total. The standard InChI is InChI=1S/C39H62N2O6Si/c1-6-22-40-31-20-15-26(41-32-12-8-10-14-34(32)46-33-13-9-7-11-29(33)37(41)43)24-30(31)39(38(40)44)25(2)36(35(47-39)21-23-42)48(4,5)28-18-16-27(45-3)17-19-28/h6,25-31,33,35-36,42H,1,7-24H2,2-5H3/t25-,26?,27?,28?,29?,30?,31?,33?,35+,36-,39+/m1/s1. The Kier molecular flexibility index (Phi) is 9.99. The van der Waals surface area contributed by atoms with Crippen molar-refractivity contribution >= 4 is 19.9 Å². The van der Waals surface area contributed by atoms with Crippen molar-refractivity contribution in [2.24, 2.45) is 17.8 Å². The molecule has 3 saturated carbocycles. The number of allylic oxidation sites excluding steroid dienone is 2. The third-order valence-corrected chi connectivity index (χ3v) is 19.8. The first kappa shape index (κ1) is 34.8. The maximum absolute atomic E-state index is 15.0. The number of nitrogens with zero attached hydrogens (tertiary/aromatic N) is 2. The Bertz CT molecular complexity index is 1260. The van der Waals surface area contributed by atoms with Gasteiger partial charge in [0.1, 0.15) is 11.9 Å². The van der Waals surface area contributed by atoms with Gasteiger partial charge in [0.05, 0.1) is 31.9 Å². The highest BCUT2D eigenvalue weighted by Crippen LogP contribution is 2.62. The topological polar surface area (TPSA) is 88.5 Å². The van der Waals surface area contributed by atoms with Crippen LogP contribution in [0.4, 0.5) is 0 Å². The zero-order valence-electron chi connectivity index (χ0n) is 30.2. The summed E-state index contributed by atoms with van der Waals surface area (Å²) < 4.78 is 19.8. The Morgan fingerprint density at radius 2 is 1.77 bits per heavy atom. The summed E-state index contributed by atoms with van der Waals surface area (Å²) in [5, 5.41) is 10.4. The second-order valence-corrected chi connectivity index (χ2v) is 22.2. The van der Waals surface area contributed by atoms with Crippen LogP contribution in [0.5, 0.6) is 0 Å². The van der Waals surface area contributed by atoms with Crippen LogP contribution in [0.3, 0.4) is 0 Å². The minimum atomic E-state index is -1.98. The molecule has 1 spiro atoms. The summed E-state index contributed by atoms with van der Waals surface area (Å²) >= 11 is 0. The van der Waals surface area contributed by atoms with Crippen molar-refractivity contribution in [1.29, 1.82) is 0 Å². The molecule has 7 aliphatic rings. The van der Waals surface area contributed by atoms with Gasteiger partial charge in [-0.3, -0.25) is 9.59 Å². The van der Waals surface area contributed by atoms with Crippen LogP contribution in [0.15, 0.2) is 24.1 Å². The van der Waals surface area contributed by atoms with E-state index in [1.54, 1.807) is 0 Å². The molecule has 3 heterocycles. The fourth-order valence-corrected chi connectivity index (χ4v) is 17.3. The Balaban J connectivity index is 1.24. The molecule has 0 bridgehead atoms. The number of methoxy groups -OCH3 is 1. The number of likely N-dealkylation sites (tertiary alicyclic amines) is 1. The number of aliphatic hydroxyl groups is 1. The molecule has 5 fully saturated rings. The second-order valence-electron chi connectivity index (χ2n) is 17.0. The summed E-state index contributed by atoms with van der Waals surface area (Å²) in [6.07, 6.45) is 17.8. The summed E-state index contributed by atoms with van der Waals surface area (Å²) in [4.78, 5) is 33.9. The molecule has 4 aliphatic carbocycles. The molecule has 268 valence electrons. The number of carbonyl (C=O) groups excluding carboxylic acids is 2. The van der Waals surface area contributed by atoms with E-state index in [1.165, 1.54) is 12.8 Å². The predicted octanol–water partition coefficient (Wildman–Crippen LogP) is 6.95. The predicted molar refractivity (Wildman–Crippen MR) is 189 cm³/mol. The molecule has 0 aromatic carbocycles. The first-order valence-corrected chi connectivity index (χ1v) is 22.8. The van der Waals surface area contributed by atoms with Gasteiger partial charge in [-0.2, -0.15) is 0 Å². The van der Waals surface area contributed by atoms with Crippen molar-refractivity contribution in [3.63, 3.8) is 0 Å². The van der Waals surface area contributed by atoms with Crippen molar-refractivity contribution in [1.82, 2.24) is 9.80 Å². The van der Waals surface area contributed by atoms with E-state index in [1.807, 2.05) is 13.2 Å². The number of amides is 2. The zero-order chi connectivity index (χ0) is 33.8. The van der Waals surface area contributed by atoms with Crippen LogP contribution in [-0.4, -0.2) is 91.1 Å². The van der Waals surface area contributed by atoms with Crippen molar-refractivity contribution < 1.29 is 28.9 Å². The van der Waals surface area contributed by atoms with Crippen LogP contribution in [0.25, 0.3) is 0 Å². The van der Waals surface area contributed by atoms with E-state index < -0.39 is 13.7 Å². The van der Waals surface area contributed by atoms with Gasteiger partial charge in [-0.25, -0.2) is 0 Å². The van der Waals surface area contributed by atoms with Crippen LogP contribution in [0.1, 0.15) is 110 Å². The quantitative estimate of drug-likeness (QED) is 0.220. The molecule has 0 radical (unpaired) electrons. The lowest BCUT2D eigenvalue weighted by Gasteiger charge is -2.46. The lowest BCUT2D eigenvalue weighted by molar-refractivity contribution is -0.156. The van der Waals surface area contributed by atoms with Gasteiger partial charge >= 0.3 is 0 Å². The van der Waals surface area contributed by atoms with Crippen LogP contribution in [-0.2, 0) is 23.8 Å². The Morgan fingerprint density at radius 1 is 1.02 bits per heavy atom. The Hall–Kier alpha value is -1.68. The first-order chi connectivity index (χ1) is 23.2. The largest absolute Gasteiger partial charge is 0.492 e. The summed E-state index contributed by atoms with van der Waals surface area (Å²) in [5.74, 6) is 1.43. The molecule has 3 aliphatic heterocycles. The number of fused-ring (bicyclic) bond motifs is 3. The van der Waals surface area contributed by atoms with Crippen molar-refractivity contribution in [2.75, 3.05) is 20.3 Å². The molecule has 2 amide bonds. The fourth-order valence-electron chi connectivity index (χ4n) is 12.2. The summed E-state index contributed by atoms with van der Waals surface area (Å²) in [5.41, 5.74) is 1.11. The normalized spacial score (nSPS) is 41.9. The van der Waals surface area contributed by atoms with Crippen LogP contribution < -0.4 is 0 Å². The highest BCUT2D eigenvalue weighted by Gasteiger charge is 2.71. The smallest absolute Gasteiger partial charge is 0.256 e. The maximum Gasteiger partial charge on any atom is 0.256 e. The molecule has 0 aromatic heterocycles. The summed E-state index contributed by atoms with van der Waals surface area (Å²) in [7, 11) is -0.141. The van der Waals surface area contributed by atoms with Gasteiger partial charge in [-0.15, -0.1) is 6.58 Å². The first-order valence-electron chi connectivity index (χ1n) is 19.6. The molecule has 5 unspecified atom stereocenters. The maximum atomic E-state index is 15.0. The zero-order valence-corrected chi connectivity index (χ0v) is 31.2. The van der Waals surface area contributed by atoms with Gasteiger partial charge in [0.2, 0.25) is 5.91 Å². The average Bonchev–Trinajstić information content (AvgIpc) is 3.46. The Morgan fingerprint density at radius 3 is 2.50 bits per heavy atom. The molecule has 9 atom stereocenters. The number of aliphatic hydroxyl groups excluding tert-OH is 1. The lowest BCUT2D eigenvalue weighted by atomic mass is 9.69. The van der Waals surface area contributed by atoms with Gasteiger partial charge in [-0.05, 0) is 94.1 Å². The fraction of sp³-hybridized carbons (Fsp3) is 0.846.